The highest BCUT2D eigenvalue weighted by Gasteiger charge is 2.20. The van der Waals surface area contributed by atoms with E-state index < -0.39 is 0 Å². The maximum Gasteiger partial charge on any atom is 0.142 e. The summed E-state index contributed by atoms with van der Waals surface area (Å²) in [6.45, 7) is 6.54. The first kappa shape index (κ1) is 7.80. The molecule has 3 nitrogen and oxygen atoms in total. The third kappa shape index (κ3) is 1.25. The van der Waals surface area contributed by atoms with E-state index in [0.717, 1.165) is 25.3 Å². The molecule has 0 saturated carbocycles. The molecule has 0 aromatic carbocycles. The quantitative estimate of drug-likeness (QED) is 0.632. The third-order valence-corrected chi connectivity index (χ3v) is 2.46. The number of aromatic nitrogens is 1. The van der Waals surface area contributed by atoms with Crippen LogP contribution >= 0.6 is 0 Å². The molecule has 1 aliphatic heterocycles. The van der Waals surface area contributed by atoms with Gasteiger partial charge in [0.25, 0.3) is 0 Å². The number of hydrogen-bond donors (Lipinski definition) is 0. The van der Waals surface area contributed by atoms with Crippen molar-refractivity contribution in [3.8, 4) is 0 Å². The Labute approximate surface area is 72.3 Å². The van der Waals surface area contributed by atoms with Crippen molar-refractivity contribution in [2.24, 2.45) is 0 Å². The molecule has 0 spiro atoms. The Morgan fingerprint density at radius 3 is 3.17 bits per heavy atom. The van der Waals surface area contributed by atoms with Crippen molar-refractivity contribution in [1.29, 1.82) is 0 Å². The summed E-state index contributed by atoms with van der Waals surface area (Å²) in [4.78, 5) is 2.43. The van der Waals surface area contributed by atoms with Gasteiger partial charge in [-0.15, -0.1) is 0 Å². The second kappa shape index (κ2) is 2.90. The van der Waals surface area contributed by atoms with Crippen LogP contribution in [0.15, 0.2) is 10.7 Å². The number of nitrogens with zero attached hydrogens (tertiary/aromatic N) is 2. The van der Waals surface area contributed by atoms with Crippen LogP contribution in [0.3, 0.4) is 0 Å². The van der Waals surface area contributed by atoms with Crippen LogP contribution in [0.1, 0.15) is 25.2 Å². The average Bonchev–Trinajstić information content (AvgIpc) is 2.49. The Hall–Kier alpha value is -0.830. The molecular formula is C9H14N2O. The molecule has 12 heavy (non-hydrogen) atoms. The molecule has 0 fully saturated rings. The van der Waals surface area contributed by atoms with Crippen LogP contribution in [-0.2, 0) is 13.0 Å². The molecule has 2 heterocycles. The van der Waals surface area contributed by atoms with E-state index in [1.165, 1.54) is 5.56 Å². The van der Waals surface area contributed by atoms with Crippen LogP contribution in [0.4, 0.5) is 0 Å². The third-order valence-electron chi connectivity index (χ3n) is 2.46. The molecule has 2 rings (SSSR count). The average molecular weight is 166 g/mol. The number of rotatable bonds is 1. The summed E-state index contributed by atoms with van der Waals surface area (Å²) in [6, 6.07) is 0.619. The van der Waals surface area contributed by atoms with Gasteiger partial charge in [-0.2, -0.15) is 0 Å². The van der Waals surface area contributed by atoms with Gasteiger partial charge in [-0.25, -0.2) is 0 Å². The normalized spacial score (nSPS) is 18.2. The minimum absolute atomic E-state index is 0.619. The Bertz CT molecular complexity index is 267. The van der Waals surface area contributed by atoms with E-state index in [0.29, 0.717) is 6.04 Å². The lowest BCUT2D eigenvalue weighted by molar-refractivity contribution is 0.192. The van der Waals surface area contributed by atoms with Crippen LogP contribution in [0.25, 0.3) is 0 Å². The van der Waals surface area contributed by atoms with Crippen molar-refractivity contribution < 1.29 is 4.52 Å². The lowest BCUT2D eigenvalue weighted by Gasteiger charge is -2.28. The van der Waals surface area contributed by atoms with Gasteiger partial charge in [0, 0.05) is 31.1 Å². The number of hydrogen-bond acceptors (Lipinski definition) is 3. The standard InChI is InChI=1S/C9H14N2O/c1-7(2)11-4-3-9-8(6-11)5-10-12-9/h5,7H,3-4,6H2,1-2H3. The molecule has 1 aliphatic rings. The smallest absolute Gasteiger partial charge is 0.142 e. The van der Waals surface area contributed by atoms with Crippen molar-refractivity contribution >= 4 is 0 Å². The molecule has 0 radical (unpaired) electrons. The minimum atomic E-state index is 0.619. The summed E-state index contributed by atoms with van der Waals surface area (Å²) < 4.78 is 5.11. The van der Waals surface area contributed by atoms with Gasteiger partial charge >= 0.3 is 0 Å². The summed E-state index contributed by atoms with van der Waals surface area (Å²) in [5.41, 5.74) is 1.26. The van der Waals surface area contributed by atoms with E-state index in [1.54, 1.807) is 0 Å². The zero-order valence-electron chi connectivity index (χ0n) is 7.58. The molecule has 66 valence electrons. The second-order valence-electron chi connectivity index (χ2n) is 3.59. The highest BCUT2D eigenvalue weighted by atomic mass is 16.5. The van der Waals surface area contributed by atoms with E-state index in [-0.39, 0.29) is 0 Å². The minimum Gasteiger partial charge on any atom is -0.361 e. The Morgan fingerprint density at radius 1 is 1.58 bits per heavy atom. The van der Waals surface area contributed by atoms with Gasteiger partial charge in [-0.1, -0.05) is 5.16 Å². The van der Waals surface area contributed by atoms with E-state index in [1.807, 2.05) is 6.20 Å². The fourth-order valence-electron chi connectivity index (χ4n) is 1.60. The van der Waals surface area contributed by atoms with Gasteiger partial charge in [0.1, 0.15) is 5.76 Å². The van der Waals surface area contributed by atoms with Gasteiger partial charge in [0.05, 0.1) is 6.20 Å². The molecule has 0 bridgehead atoms. The van der Waals surface area contributed by atoms with Crippen LogP contribution in [0, 0.1) is 0 Å². The van der Waals surface area contributed by atoms with Gasteiger partial charge in [-0.05, 0) is 13.8 Å². The fraction of sp³-hybridized carbons (Fsp3) is 0.667. The van der Waals surface area contributed by atoms with Crippen molar-refractivity contribution in [1.82, 2.24) is 10.1 Å². The molecule has 0 amide bonds. The summed E-state index contributed by atoms with van der Waals surface area (Å²) in [5, 5.41) is 3.80. The number of fused-ring (bicyclic) bond motifs is 1. The van der Waals surface area contributed by atoms with Crippen LogP contribution in [0.5, 0.6) is 0 Å². The molecule has 1 aromatic rings. The molecule has 0 unspecified atom stereocenters. The first-order valence-electron chi connectivity index (χ1n) is 4.44. The summed E-state index contributed by atoms with van der Waals surface area (Å²) in [7, 11) is 0. The lowest BCUT2D eigenvalue weighted by Crippen LogP contribution is -2.35. The summed E-state index contributed by atoms with van der Waals surface area (Å²) in [6.07, 6.45) is 2.84. The van der Waals surface area contributed by atoms with Crippen LogP contribution in [0.2, 0.25) is 0 Å². The summed E-state index contributed by atoms with van der Waals surface area (Å²) >= 11 is 0. The zero-order chi connectivity index (χ0) is 8.55. The van der Waals surface area contributed by atoms with Gasteiger partial charge in [-0.3, -0.25) is 4.90 Å². The van der Waals surface area contributed by atoms with Gasteiger partial charge in [0.2, 0.25) is 0 Å². The Balaban J connectivity index is 2.15. The van der Waals surface area contributed by atoms with Gasteiger partial charge in [0.15, 0.2) is 0 Å². The predicted octanol–water partition coefficient (Wildman–Crippen LogP) is 1.44. The van der Waals surface area contributed by atoms with Crippen molar-refractivity contribution in [2.75, 3.05) is 6.54 Å². The molecular weight excluding hydrogens is 152 g/mol. The fourth-order valence-corrected chi connectivity index (χ4v) is 1.60. The van der Waals surface area contributed by atoms with Crippen molar-refractivity contribution in [3.63, 3.8) is 0 Å². The second-order valence-corrected chi connectivity index (χ2v) is 3.59. The highest BCUT2D eigenvalue weighted by molar-refractivity contribution is 5.16. The Morgan fingerprint density at radius 2 is 2.42 bits per heavy atom. The highest BCUT2D eigenvalue weighted by Crippen LogP contribution is 2.19. The lowest BCUT2D eigenvalue weighted by atomic mass is 10.1. The molecule has 1 aromatic heterocycles. The molecule has 3 heteroatoms. The maximum absolute atomic E-state index is 5.11. The molecule has 0 aliphatic carbocycles. The van der Waals surface area contributed by atoms with E-state index in [9.17, 15) is 0 Å². The maximum atomic E-state index is 5.11. The zero-order valence-corrected chi connectivity index (χ0v) is 7.58. The van der Waals surface area contributed by atoms with Gasteiger partial charge < -0.3 is 4.52 Å². The van der Waals surface area contributed by atoms with Crippen LogP contribution < -0.4 is 0 Å². The summed E-state index contributed by atoms with van der Waals surface area (Å²) in [5.74, 6) is 1.08. The topological polar surface area (TPSA) is 29.3 Å². The first-order chi connectivity index (χ1) is 5.77. The van der Waals surface area contributed by atoms with E-state index >= 15 is 0 Å². The van der Waals surface area contributed by atoms with Crippen LogP contribution in [-0.4, -0.2) is 22.6 Å². The monoisotopic (exact) mass is 166 g/mol. The van der Waals surface area contributed by atoms with E-state index in [2.05, 4.69) is 23.9 Å². The predicted molar refractivity (Wildman–Crippen MR) is 45.8 cm³/mol. The SMILES string of the molecule is CC(C)N1CCc2oncc2C1. The largest absolute Gasteiger partial charge is 0.361 e. The molecule has 0 saturated heterocycles. The van der Waals surface area contributed by atoms with Crippen molar-refractivity contribution in [2.45, 2.75) is 32.9 Å². The molecule has 0 N–H and O–H groups in total. The van der Waals surface area contributed by atoms with Crippen molar-refractivity contribution in [3.05, 3.63) is 17.5 Å². The van der Waals surface area contributed by atoms with E-state index in [4.69, 9.17) is 4.52 Å². The first-order valence-corrected chi connectivity index (χ1v) is 4.44. The Kier molecular flexibility index (Phi) is 1.89. The molecule has 0 atom stereocenters.